The minimum atomic E-state index is -2.90. The predicted molar refractivity (Wildman–Crippen MR) is 97.7 cm³/mol. The van der Waals surface area contributed by atoms with Gasteiger partial charge in [0, 0.05) is 0 Å². The van der Waals surface area contributed by atoms with Crippen molar-refractivity contribution in [2.75, 3.05) is 5.32 Å². The second kappa shape index (κ2) is 7.43. The lowest BCUT2D eigenvalue weighted by Gasteiger charge is -2.08. The summed E-state index contributed by atoms with van der Waals surface area (Å²) in [5.74, 6) is 0.211. The van der Waals surface area contributed by atoms with Gasteiger partial charge in [-0.15, -0.1) is 0 Å². The quantitative estimate of drug-likeness (QED) is 0.531. The Morgan fingerprint density at radius 1 is 1.14 bits per heavy atom. The summed E-state index contributed by atoms with van der Waals surface area (Å²) in [6.45, 7) is -2.68. The van der Waals surface area contributed by atoms with E-state index in [1.807, 2.05) is 30.3 Å². The van der Waals surface area contributed by atoms with Gasteiger partial charge < -0.3 is 10.1 Å². The van der Waals surface area contributed by atoms with Crippen LogP contribution >= 0.6 is 0 Å². The summed E-state index contributed by atoms with van der Waals surface area (Å²) >= 11 is 0. The summed E-state index contributed by atoms with van der Waals surface area (Å²) < 4.78 is 30.2. The zero-order valence-corrected chi connectivity index (χ0v) is 14.3. The van der Waals surface area contributed by atoms with E-state index in [4.69, 9.17) is 0 Å². The fraction of sp³-hybridized carbons (Fsp3) is 0.111. The summed E-state index contributed by atoms with van der Waals surface area (Å²) in [5.41, 5.74) is 1.41. The molecule has 3 heterocycles. The number of nitrogens with zero attached hydrogens (tertiary/aromatic N) is 4. The number of aromatic nitrogens is 5. The molecule has 0 aliphatic heterocycles. The van der Waals surface area contributed by atoms with Crippen molar-refractivity contribution in [2.45, 2.75) is 13.2 Å². The molecule has 2 N–H and O–H groups in total. The number of aromatic amines is 1. The first-order valence-electron chi connectivity index (χ1n) is 8.27. The van der Waals surface area contributed by atoms with E-state index in [1.54, 1.807) is 4.68 Å². The molecule has 0 aliphatic rings. The van der Waals surface area contributed by atoms with Gasteiger partial charge in [-0.25, -0.2) is 4.68 Å². The first-order chi connectivity index (χ1) is 13.6. The van der Waals surface area contributed by atoms with E-state index in [2.05, 4.69) is 30.1 Å². The monoisotopic (exact) mass is 384 g/mol. The van der Waals surface area contributed by atoms with Gasteiger partial charge in [-0.2, -0.15) is 18.9 Å². The minimum absolute atomic E-state index is 0.0292. The third-order valence-corrected chi connectivity index (χ3v) is 3.90. The number of alkyl halides is 2. The average molecular weight is 384 g/mol. The molecule has 0 fully saturated rings. The maximum absolute atomic E-state index is 12.3. The first-order valence-corrected chi connectivity index (χ1v) is 8.27. The highest BCUT2D eigenvalue weighted by molar-refractivity contribution is 5.76. The summed E-state index contributed by atoms with van der Waals surface area (Å²) in [7, 11) is 0. The summed E-state index contributed by atoms with van der Waals surface area (Å²) in [6, 6.07) is 12.2. The molecule has 0 aliphatic carbocycles. The van der Waals surface area contributed by atoms with E-state index in [0.717, 1.165) is 5.69 Å². The summed E-state index contributed by atoms with van der Waals surface area (Å²) in [5, 5.41) is 7.56. The van der Waals surface area contributed by atoms with E-state index < -0.39 is 6.61 Å². The normalized spacial score (nSPS) is 11.1. The molecule has 4 rings (SSSR count). The molecule has 0 radical (unpaired) electrons. The van der Waals surface area contributed by atoms with Crippen molar-refractivity contribution in [1.82, 2.24) is 24.7 Å². The van der Waals surface area contributed by atoms with E-state index in [0.29, 0.717) is 16.7 Å². The fourth-order valence-electron chi connectivity index (χ4n) is 2.62. The molecular formula is C18H14F2N6O2. The Bertz CT molecular complexity index is 1140. The Morgan fingerprint density at radius 2 is 1.96 bits per heavy atom. The number of hydrogen-bond donors (Lipinski definition) is 2. The van der Waals surface area contributed by atoms with Crippen molar-refractivity contribution >= 4 is 17.0 Å². The van der Waals surface area contributed by atoms with Gasteiger partial charge in [0.2, 0.25) is 5.95 Å². The van der Waals surface area contributed by atoms with Gasteiger partial charge in [0.05, 0.1) is 30.3 Å². The Balaban J connectivity index is 1.57. The number of anilines is 1. The maximum Gasteiger partial charge on any atom is 0.387 e. The van der Waals surface area contributed by atoms with Gasteiger partial charge in [-0.05, 0) is 24.3 Å². The van der Waals surface area contributed by atoms with Crippen LogP contribution in [0.1, 0.15) is 5.69 Å². The number of nitrogens with one attached hydrogen (secondary N) is 2. The fourth-order valence-corrected chi connectivity index (χ4v) is 2.62. The van der Waals surface area contributed by atoms with Crippen molar-refractivity contribution < 1.29 is 13.5 Å². The Labute approximate surface area is 156 Å². The van der Waals surface area contributed by atoms with Gasteiger partial charge >= 0.3 is 6.61 Å². The highest BCUT2D eigenvalue weighted by Gasteiger charge is 2.11. The van der Waals surface area contributed by atoms with Gasteiger partial charge in [0.1, 0.15) is 11.1 Å². The number of para-hydroxylation sites is 1. The van der Waals surface area contributed by atoms with Crippen LogP contribution in [0.4, 0.5) is 14.7 Å². The average Bonchev–Trinajstić information content (AvgIpc) is 3.12. The van der Waals surface area contributed by atoms with Crippen molar-refractivity contribution in [3.63, 3.8) is 0 Å². The van der Waals surface area contributed by atoms with E-state index in [9.17, 15) is 13.6 Å². The SMILES string of the molecule is O=c1[nH]c(NCc2ccc(OC(F)F)cn2)nc2c1cnn2-c1ccccc1. The van der Waals surface area contributed by atoms with E-state index >= 15 is 0 Å². The predicted octanol–water partition coefficient (Wildman–Crippen LogP) is 2.72. The molecule has 0 saturated heterocycles. The molecule has 10 heteroatoms. The standard InChI is InChI=1S/C18H14F2N6O2/c19-17(20)28-13-7-6-11(21-9-13)8-22-18-24-15-14(16(27)25-18)10-23-26(15)12-4-2-1-3-5-12/h1-7,9-10,17H,8H2,(H2,22,24,25,27). The molecule has 142 valence electrons. The highest BCUT2D eigenvalue weighted by Crippen LogP contribution is 2.16. The molecule has 3 aromatic heterocycles. The number of ether oxygens (including phenoxy) is 1. The minimum Gasteiger partial charge on any atom is -0.433 e. The van der Waals surface area contributed by atoms with Crippen LogP contribution < -0.4 is 15.6 Å². The molecular weight excluding hydrogens is 370 g/mol. The molecule has 0 bridgehead atoms. The second-order valence-corrected chi connectivity index (χ2v) is 5.76. The zero-order valence-electron chi connectivity index (χ0n) is 14.3. The lowest BCUT2D eigenvalue weighted by Crippen LogP contribution is -2.14. The summed E-state index contributed by atoms with van der Waals surface area (Å²) in [6.07, 6.45) is 2.66. The molecule has 0 saturated carbocycles. The number of pyridine rings is 1. The van der Waals surface area contributed by atoms with Crippen molar-refractivity contribution in [3.8, 4) is 11.4 Å². The van der Waals surface area contributed by atoms with Crippen LogP contribution in [-0.4, -0.2) is 31.3 Å². The van der Waals surface area contributed by atoms with Gasteiger partial charge in [0.25, 0.3) is 5.56 Å². The molecule has 0 amide bonds. The van der Waals surface area contributed by atoms with Crippen LogP contribution in [-0.2, 0) is 6.54 Å². The Kier molecular flexibility index (Phi) is 4.67. The van der Waals surface area contributed by atoms with Crippen LogP contribution in [0.3, 0.4) is 0 Å². The first kappa shape index (κ1) is 17.6. The molecule has 1 aromatic carbocycles. The van der Waals surface area contributed by atoms with Crippen molar-refractivity contribution in [2.24, 2.45) is 0 Å². The topological polar surface area (TPSA) is 97.7 Å². The van der Waals surface area contributed by atoms with Crippen molar-refractivity contribution in [1.29, 1.82) is 0 Å². The van der Waals surface area contributed by atoms with Crippen LogP contribution in [0.2, 0.25) is 0 Å². The number of hydrogen-bond acceptors (Lipinski definition) is 6. The molecule has 28 heavy (non-hydrogen) atoms. The second-order valence-electron chi connectivity index (χ2n) is 5.76. The van der Waals surface area contributed by atoms with Crippen LogP contribution in [0, 0.1) is 0 Å². The number of halogens is 2. The van der Waals surface area contributed by atoms with Crippen molar-refractivity contribution in [3.05, 3.63) is 70.9 Å². The van der Waals surface area contributed by atoms with Gasteiger partial charge in [-0.1, -0.05) is 18.2 Å². The lowest BCUT2D eigenvalue weighted by molar-refractivity contribution is -0.0500. The highest BCUT2D eigenvalue weighted by atomic mass is 19.3. The molecule has 4 aromatic rings. The number of H-pyrrole nitrogens is 1. The number of benzene rings is 1. The third kappa shape index (κ3) is 3.65. The zero-order chi connectivity index (χ0) is 19.5. The Hall–Kier alpha value is -3.82. The largest absolute Gasteiger partial charge is 0.433 e. The molecule has 0 atom stereocenters. The summed E-state index contributed by atoms with van der Waals surface area (Å²) in [4.78, 5) is 23.4. The van der Waals surface area contributed by atoms with E-state index in [1.165, 1.54) is 24.5 Å². The maximum atomic E-state index is 12.3. The van der Waals surface area contributed by atoms with Crippen LogP contribution in [0.25, 0.3) is 16.7 Å². The van der Waals surface area contributed by atoms with Crippen LogP contribution in [0.5, 0.6) is 5.75 Å². The Morgan fingerprint density at radius 3 is 2.68 bits per heavy atom. The molecule has 0 unspecified atom stereocenters. The molecule has 8 nitrogen and oxygen atoms in total. The van der Waals surface area contributed by atoms with Crippen LogP contribution in [0.15, 0.2) is 59.7 Å². The third-order valence-electron chi connectivity index (χ3n) is 3.90. The van der Waals surface area contributed by atoms with Gasteiger partial charge in [0.15, 0.2) is 5.65 Å². The smallest absolute Gasteiger partial charge is 0.387 e. The number of fused-ring (bicyclic) bond motifs is 1. The molecule has 0 spiro atoms. The number of rotatable bonds is 6. The van der Waals surface area contributed by atoms with Gasteiger partial charge in [-0.3, -0.25) is 14.8 Å². The van der Waals surface area contributed by atoms with E-state index in [-0.39, 0.29) is 23.8 Å². The lowest BCUT2D eigenvalue weighted by atomic mass is 10.3.